The van der Waals surface area contributed by atoms with Crippen molar-refractivity contribution in [1.29, 1.82) is 0 Å². The summed E-state index contributed by atoms with van der Waals surface area (Å²) < 4.78 is 28.5. The Bertz CT molecular complexity index is 308. The van der Waals surface area contributed by atoms with Gasteiger partial charge in [0.25, 0.3) is 6.43 Å². The first-order valence-electron chi connectivity index (χ1n) is 4.92. The van der Waals surface area contributed by atoms with Crippen LogP contribution in [0.5, 0.6) is 0 Å². The largest absolute Gasteiger partial charge is 0.381 e. The summed E-state index contributed by atoms with van der Waals surface area (Å²) in [5, 5.41) is 10.1. The molecule has 1 unspecified atom stereocenters. The number of halogens is 2. The van der Waals surface area contributed by atoms with E-state index in [1.54, 1.807) is 30.3 Å². The second-order valence-electron chi connectivity index (χ2n) is 3.51. The van der Waals surface area contributed by atoms with E-state index >= 15 is 0 Å². The molecule has 1 atom stereocenters. The van der Waals surface area contributed by atoms with E-state index in [0.717, 1.165) is 0 Å². The molecule has 3 N–H and O–H groups in total. The van der Waals surface area contributed by atoms with Gasteiger partial charge in [-0.2, -0.15) is 0 Å². The van der Waals surface area contributed by atoms with Gasteiger partial charge in [0.15, 0.2) is 0 Å². The summed E-state index contributed by atoms with van der Waals surface area (Å²) in [6, 6.07) is 8.63. The molecule has 16 heavy (non-hydrogen) atoms. The number of benzene rings is 1. The van der Waals surface area contributed by atoms with Gasteiger partial charge in [0, 0.05) is 6.54 Å². The molecular formula is C11H15F2NO2. The SMILES string of the molecule is NCC(O)(COCC(F)F)c1ccccc1. The Morgan fingerprint density at radius 2 is 1.94 bits per heavy atom. The molecule has 90 valence electrons. The first kappa shape index (κ1) is 13.0. The van der Waals surface area contributed by atoms with Gasteiger partial charge in [-0.05, 0) is 5.56 Å². The molecule has 0 aliphatic carbocycles. The van der Waals surface area contributed by atoms with E-state index < -0.39 is 18.6 Å². The van der Waals surface area contributed by atoms with Crippen LogP contribution < -0.4 is 5.73 Å². The van der Waals surface area contributed by atoms with Crippen LogP contribution in [0.15, 0.2) is 30.3 Å². The lowest BCUT2D eigenvalue weighted by Gasteiger charge is -2.26. The number of rotatable bonds is 6. The molecule has 0 amide bonds. The van der Waals surface area contributed by atoms with Crippen LogP contribution in [0, 0.1) is 0 Å². The van der Waals surface area contributed by atoms with Crippen molar-refractivity contribution in [2.24, 2.45) is 5.73 Å². The topological polar surface area (TPSA) is 55.5 Å². The number of hydrogen-bond acceptors (Lipinski definition) is 3. The summed E-state index contributed by atoms with van der Waals surface area (Å²) in [7, 11) is 0. The second kappa shape index (κ2) is 5.89. The Balaban J connectivity index is 2.63. The number of aliphatic hydroxyl groups is 1. The second-order valence-corrected chi connectivity index (χ2v) is 3.51. The summed E-state index contributed by atoms with van der Waals surface area (Å²) in [4.78, 5) is 0. The van der Waals surface area contributed by atoms with Crippen molar-refractivity contribution >= 4 is 0 Å². The molecule has 0 spiro atoms. The highest BCUT2D eigenvalue weighted by molar-refractivity contribution is 5.22. The van der Waals surface area contributed by atoms with Crippen LogP contribution in [-0.4, -0.2) is 31.3 Å². The minimum absolute atomic E-state index is 0.0831. The van der Waals surface area contributed by atoms with E-state index in [4.69, 9.17) is 10.5 Å². The van der Waals surface area contributed by atoms with Gasteiger partial charge in [0.1, 0.15) is 12.2 Å². The van der Waals surface area contributed by atoms with Gasteiger partial charge in [0.05, 0.1) is 6.61 Å². The average molecular weight is 231 g/mol. The van der Waals surface area contributed by atoms with Gasteiger partial charge in [-0.1, -0.05) is 30.3 Å². The van der Waals surface area contributed by atoms with Gasteiger partial charge in [-0.25, -0.2) is 8.78 Å². The molecular weight excluding hydrogens is 216 g/mol. The minimum atomic E-state index is -2.54. The van der Waals surface area contributed by atoms with Gasteiger partial charge < -0.3 is 15.6 Å². The first-order valence-corrected chi connectivity index (χ1v) is 4.92. The predicted octanol–water partition coefficient (Wildman–Crippen LogP) is 1.11. The van der Waals surface area contributed by atoms with Crippen molar-refractivity contribution in [3.05, 3.63) is 35.9 Å². The number of alkyl halides is 2. The van der Waals surface area contributed by atoms with E-state index in [2.05, 4.69) is 0 Å². The zero-order valence-corrected chi connectivity index (χ0v) is 8.77. The van der Waals surface area contributed by atoms with Crippen molar-refractivity contribution in [2.75, 3.05) is 19.8 Å². The molecule has 0 bridgehead atoms. The molecule has 1 rings (SSSR count). The fourth-order valence-electron chi connectivity index (χ4n) is 1.33. The van der Waals surface area contributed by atoms with Crippen LogP contribution in [0.1, 0.15) is 5.56 Å². The maximum Gasteiger partial charge on any atom is 0.261 e. The molecule has 0 radical (unpaired) electrons. The van der Waals surface area contributed by atoms with Crippen LogP contribution in [0.4, 0.5) is 8.78 Å². The minimum Gasteiger partial charge on any atom is -0.381 e. The third-order valence-corrected chi connectivity index (χ3v) is 2.23. The van der Waals surface area contributed by atoms with E-state index in [0.29, 0.717) is 5.56 Å². The Morgan fingerprint density at radius 3 is 2.44 bits per heavy atom. The fraction of sp³-hybridized carbons (Fsp3) is 0.455. The highest BCUT2D eigenvalue weighted by atomic mass is 19.3. The van der Waals surface area contributed by atoms with Crippen LogP contribution in [0.25, 0.3) is 0 Å². The maximum absolute atomic E-state index is 11.9. The standard InChI is InChI=1S/C11H15F2NO2/c12-10(13)6-16-8-11(15,7-14)9-4-2-1-3-5-9/h1-5,10,15H,6-8,14H2. The predicted molar refractivity (Wildman–Crippen MR) is 56.2 cm³/mol. The first-order chi connectivity index (χ1) is 7.58. The Labute approximate surface area is 92.8 Å². The lowest BCUT2D eigenvalue weighted by atomic mass is 9.95. The zero-order chi connectivity index (χ0) is 12.0. The highest BCUT2D eigenvalue weighted by Crippen LogP contribution is 2.20. The van der Waals surface area contributed by atoms with Crippen molar-refractivity contribution < 1.29 is 18.6 Å². The third kappa shape index (κ3) is 3.52. The van der Waals surface area contributed by atoms with Crippen molar-refractivity contribution in [3.63, 3.8) is 0 Å². The van der Waals surface area contributed by atoms with Crippen molar-refractivity contribution in [1.82, 2.24) is 0 Å². The molecule has 1 aromatic carbocycles. The fourth-order valence-corrected chi connectivity index (χ4v) is 1.33. The maximum atomic E-state index is 11.9. The summed E-state index contributed by atoms with van der Waals surface area (Å²) in [6.45, 7) is -1.02. The van der Waals surface area contributed by atoms with E-state index in [1.165, 1.54) is 0 Å². The van der Waals surface area contributed by atoms with Crippen LogP contribution in [0.3, 0.4) is 0 Å². The normalized spacial score (nSPS) is 15.1. The summed E-state index contributed by atoms with van der Waals surface area (Å²) in [5.74, 6) is 0. The molecule has 3 nitrogen and oxygen atoms in total. The van der Waals surface area contributed by atoms with Gasteiger partial charge in [-0.15, -0.1) is 0 Å². The van der Waals surface area contributed by atoms with Crippen LogP contribution in [0.2, 0.25) is 0 Å². The number of nitrogens with two attached hydrogens (primary N) is 1. The number of ether oxygens (including phenoxy) is 1. The van der Waals surface area contributed by atoms with E-state index in [1.807, 2.05) is 0 Å². The molecule has 0 fully saturated rings. The average Bonchev–Trinajstić information content (AvgIpc) is 2.29. The molecule has 0 heterocycles. The lowest BCUT2D eigenvalue weighted by Crippen LogP contribution is -2.40. The molecule has 1 aromatic rings. The van der Waals surface area contributed by atoms with E-state index in [-0.39, 0.29) is 13.2 Å². The van der Waals surface area contributed by atoms with Gasteiger partial charge >= 0.3 is 0 Å². The summed E-state index contributed by atoms with van der Waals surface area (Å²) in [5.41, 5.74) is 4.59. The monoisotopic (exact) mass is 231 g/mol. The van der Waals surface area contributed by atoms with E-state index in [9.17, 15) is 13.9 Å². The van der Waals surface area contributed by atoms with Gasteiger partial charge in [0.2, 0.25) is 0 Å². The number of hydrogen-bond donors (Lipinski definition) is 2. The molecule has 0 aliphatic rings. The molecule has 0 saturated heterocycles. The van der Waals surface area contributed by atoms with Crippen molar-refractivity contribution in [2.45, 2.75) is 12.0 Å². The quantitative estimate of drug-likeness (QED) is 0.771. The highest BCUT2D eigenvalue weighted by Gasteiger charge is 2.28. The van der Waals surface area contributed by atoms with Crippen LogP contribution >= 0.6 is 0 Å². The Hall–Kier alpha value is -1.04. The summed E-state index contributed by atoms with van der Waals surface area (Å²) >= 11 is 0. The summed E-state index contributed by atoms with van der Waals surface area (Å²) in [6.07, 6.45) is -2.54. The molecule has 5 heteroatoms. The Kier molecular flexibility index (Phi) is 4.79. The molecule has 0 aliphatic heterocycles. The van der Waals surface area contributed by atoms with Crippen molar-refractivity contribution in [3.8, 4) is 0 Å². The zero-order valence-electron chi connectivity index (χ0n) is 8.77. The third-order valence-electron chi connectivity index (χ3n) is 2.23. The Morgan fingerprint density at radius 1 is 1.31 bits per heavy atom. The van der Waals surface area contributed by atoms with Gasteiger partial charge in [-0.3, -0.25) is 0 Å². The van der Waals surface area contributed by atoms with Crippen LogP contribution in [-0.2, 0) is 10.3 Å². The smallest absolute Gasteiger partial charge is 0.261 e. The molecule has 0 aromatic heterocycles. The lowest BCUT2D eigenvalue weighted by molar-refractivity contribution is -0.0707. The molecule has 0 saturated carbocycles.